The molecule has 1 saturated heterocycles. The van der Waals surface area contributed by atoms with Crippen LogP contribution in [0.2, 0.25) is 0 Å². The zero-order valence-electron chi connectivity index (χ0n) is 13.0. The molecule has 1 aliphatic carbocycles. The van der Waals surface area contributed by atoms with Crippen molar-refractivity contribution in [3.05, 3.63) is 35.9 Å². The molecule has 0 aromatic heterocycles. The fourth-order valence-electron chi connectivity index (χ4n) is 3.19. The quantitative estimate of drug-likeness (QED) is 0.875. The number of likely N-dealkylation sites (tertiary alicyclic amines) is 1. The first kappa shape index (κ1) is 15.1. The Bertz CT molecular complexity index is 525. The minimum atomic E-state index is 0.0114. The molecule has 1 atom stereocenters. The molecule has 0 spiro atoms. The average molecular weight is 300 g/mol. The predicted molar refractivity (Wildman–Crippen MR) is 85.2 cm³/mol. The second-order valence-corrected chi connectivity index (χ2v) is 6.47. The van der Waals surface area contributed by atoms with Gasteiger partial charge in [0.15, 0.2) is 0 Å². The van der Waals surface area contributed by atoms with Crippen molar-refractivity contribution < 1.29 is 9.59 Å². The van der Waals surface area contributed by atoms with Crippen molar-refractivity contribution >= 4 is 11.8 Å². The molecule has 1 saturated carbocycles. The van der Waals surface area contributed by atoms with Gasteiger partial charge in [0.05, 0.1) is 6.04 Å². The second kappa shape index (κ2) is 6.95. The second-order valence-electron chi connectivity index (χ2n) is 6.47. The van der Waals surface area contributed by atoms with E-state index in [0.717, 1.165) is 38.6 Å². The molecule has 1 aliphatic heterocycles. The Balaban J connectivity index is 1.40. The zero-order chi connectivity index (χ0) is 15.4. The van der Waals surface area contributed by atoms with Crippen molar-refractivity contribution in [2.45, 2.75) is 44.6 Å². The van der Waals surface area contributed by atoms with E-state index >= 15 is 0 Å². The van der Waals surface area contributed by atoms with Crippen molar-refractivity contribution in [2.75, 3.05) is 13.1 Å². The monoisotopic (exact) mass is 300 g/mol. The van der Waals surface area contributed by atoms with E-state index in [9.17, 15) is 9.59 Å². The standard InChI is InChI=1S/C18H24N2O2/c21-17-12-16(19-18(22)15-9-4-10-15)13-20(17)11-5-8-14-6-2-1-3-7-14/h1-3,6-7,15-16H,4-5,8-13H2,(H,19,22)/t16-/m0/s1. The number of aryl methyl sites for hydroxylation is 1. The fourth-order valence-corrected chi connectivity index (χ4v) is 3.19. The van der Waals surface area contributed by atoms with Crippen LogP contribution in [0.25, 0.3) is 0 Å². The lowest BCUT2D eigenvalue weighted by Crippen LogP contribution is -2.42. The molecule has 1 aromatic rings. The van der Waals surface area contributed by atoms with Crippen LogP contribution >= 0.6 is 0 Å². The smallest absolute Gasteiger partial charge is 0.224 e. The molecule has 4 heteroatoms. The Kier molecular flexibility index (Phi) is 4.76. The molecule has 1 N–H and O–H groups in total. The number of hydrogen-bond donors (Lipinski definition) is 1. The van der Waals surface area contributed by atoms with Gasteiger partial charge in [-0.1, -0.05) is 36.8 Å². The van der Waals surface area contributed by atoms with Gasteiger partial charge in [0, 0.05) is 25.4 Å². The summed E-state index contributed by atoms with van der Waals surface area (Å²) in [4.78, 5) is 25.9. The van der Waals surface area contributed by atoms with Gasteiger partial charge in [-0.3, -0.25) is 9.59 Å². The SMILES string of the molecule is O=C(N[C@H]1CC(=O)N(CCCc2ccccc2)C1)C1CCC1. The number of nitrogens with zero attached hydrogens (tertiary/aromatic N) is 1. The first-order valence-corrected chi connectivity index (χ1v) is 8.34. The Morgan fingerprint density at radius 2 is 2.00 bits per heavy atom. The van der Waals surface area contributed by atoms with E-state index in [0.29, 0.717) is 13.0 Å². The normalized spacial score (nSPS) is 21.7. The van der Waals surface area contributed by atoms with E-state index in [2.05, 4.69) is 17.4 Å². The number of carbonyl (C=O) groups is 2. The average Bonchev–Trinajstić information content (AvgIpc) is 2.78. The lowest BCUT2D eigenvalue weighted by molar-refractivity contribution is -0.128. The summed E-state index contributed by atoms with van der Waals surface area (Å²) < 4.78 is 0. The molecule has 4 nitrogen and oxygen atoms in total. The number of rotatable bonds is 6. The highest BCUT2D eigenvalue weighted by molar-refractivity contribution is 5.83. The molecule has 0 bridgehead atoms. The molecule has 1 aromatic carbocycles. The van der Waals surface area contributed by atoms with Crippen molar-refractivity contribution in [1.29, 1.82) is 0 Å². The number of benzene rings is 1. The van der Waals surface area contributed by atoms with Gasteiger partial charge in [-0.15, -0.1) is 0 Å². The van der Waals surface area contributed by atoms with Crippen LogP contribution in [0.1, 0.15) is 37.7 Å². The summed E-state index contributed by atoms with van der Waals surface area (Å²) in [6, 6.07) is 10.4. The molecule has 2 amide bonds. The Labute approximate surface area is 131 Å². The van der Waals surface area contributed by atoms with Crippen molar-refractivity contribution in [3.63, 3.8) is 0 Å². The summed E-state index contributed by atoms with van der Waals surface area (Å²) >= 11 is 0. The van der Waals surface area contributed by atoms with Gasteiger partial charge in [0.2, 0.25) is 11.8 Å². The van der Waals surface area contributed by atoms with E-state index in [1.807, 2.05) is 23.1 Å². The predicted octanol–water partition coefficient (Wildman–Crippen LogP) is 2.14. The van der Waals surface area contributed by atoms with Crippen LogP contribution in [-0.4, -0.2) is 35.8 Å². The zero-order valence-corrected chi connectivity index (χ0v) is 13.0. The molecule has 0 unspecified atom stereocenters. The molecule has 118 valence electrons. The summed E-state index contributed by atoms with van der Waals surface area (Å²) in [5.41, 5.74) is 1.31. The van der Waals surface area contributed by atoms with E-state index < -0.39 is 0 Å². The number of nitrogens with one attached hydrogen (secondary N) is 1. The maximum Gasteiger partial charge on any atom is 0.224 e. The molecule has 0 radical (unpaired) electrons. The van der Waals surface area contributed by atoms with Crippen molar-refractivity contribution in [3.8, 4) is 0 Å². The Morgan fingerprint density at radius 1 is 1.23 bits per heavy atom. The Hall–Kier alpha value is -1.84. The molecular formula is C18H24N2O2. The van der Waals surface area contributed by atoms with E-state index in [-0.39, 0.29) is 23.8 Å². The van der Waals surface area contributed by atoms with E-state index in [1.165, 1.54) is 5.56 Å². The largest absolute Gasteiger partial charge is 0.351 e. The van der Waals surface area contributed by atoms with Gasteiger partial charge in [0.1, 0.15) is 0 Å². The highest BCUT2D eigenvalue weighted by atomic mass is 16.2. The lowest BCUT2D eigenvalue weighted by atomic mass is 9.84. The van der Waals surface area contributed by atoms with Crippen molar-refractivity contribution in [1.82, 2.24) is 10.2 Å². The van der Waals surface area contributed by atoms with Crippen LogP contribution in [0.15, 0.2) is 30.3 Å². The third-order valence-corrected chi connectivity index (χ3v) is 4.77. The van der Waals surface area contributed by atoms with Gasteiger partial charge in [-0.2, -0.15) is 0 Å². The van der Waals surface area contributed by atoms with Gasteiger partial charge >= 0.3 is 0 Å². The summed E-state index contributed by atoms with van der Waals surface area (Å²) in [6.07, 6.45) is 5.60. The summed E-state index contributed by atoms with van der Waals surface area (Å²) in [5.74, 6) is 0.518. The number of hydrogen-bond acceptors (Lipinski definition) is 2. The van der Waals surface area contributed by atoms with Crippen molar-refractivity contribution in [2.24, 2.45) is 5.92 Å². The van der Waals surface area contributed by atoms with Crippen LogP contribution in [0.5, 0.6) is 0 Å². The number of amides is 2. The topological polar surface area (TPSA) is 49.4 Å². The molecule has 22 heavy (non-hydrogen) atoms. The minimum Gasteiger partial charge on any atom is -0.351 e. The maximum atomic E-state index is 12.0. The summed E-state index contributed by atoms with van der Waals surface area (Å²) in [6.45, 7) is 1.45. The lowest BCUT2D eigenvalue weighted by Gasteiger charge is -2.26. The van der Waals surface area contributed by atoms with Gasteiger partial charge in [0.25, 0.3) is 0 Å². The Morgan fingerprint density at radius 3 is 2.68 bits per heavy atom. The third kappa shape index (κ3) is 3.67. The molecule has 1 heterocycles. The van der Waals surface area contributed by atoms with E-state index in [4.69, 9.17) is 0 Å². The summed E-state index contributed by atoms with van der Waals surface area (Å²) in [7, 11) is 0. The summed E-state index contributed by atoms with van der Waals surface area (Å²) in [5, 5.41) is 3.05. The molecule has 2 aliphatic rings. The van der Waals surface area contributed by atoms with Crippen LogP contribution in [0, 0.1) is 5.92 Å². The fraction of sp³-hybridized carbons (Fsp3) is 0.556. The van der Waals surface area contributed by atoms with Crippen LogP contribution < -0.4 is 5.32 Å². The number of carbonyl (C=O) groups excluding carboxylic acids is 2. The molecule has 2 fully saturated rings. The highest BCUT2D eigenvalue weighted by Gasteiger charge is 2.33. The van der Waals surface area contributed by atoms with E-state index in [1.54, 1.807) is 0 Å². The minimum absolute atomic E-state index is 0.0114. The third-order valence-electron chi connectivity index (χ3n) is 4.77. The molecule has 3 rings (SSSR count). The van der Waals surface area contributed by atoms with Crippen LogP contribution in [-0.2, 0) is 16.0 Å². The first-order valence-electron chi connectivity index (χ1n) is 8.34. The molecular weight excluding hydrogens is 276 g/mol. The van der Waals surface area contributed by atoms with Gasteiger partial charge < -0.3 is 10.2 Å². The first-order chi connectivity index (χ1) is 10.7. The van der Waals surface area contributed by atoms with Gasteiger partial charge in [-0.25, -0.2) is 0 Å². The highest BCUT2D eigenvalue weighted by Crippen LogP contribution is 2.26. The van der Waals surface area contributed by atoms with Gasteiger partial charge in [-0.05, 0) is 31.2 Å². The van der Waals surface area contributed by atoms with Crippen LogP contribution in [0.4, 0.5) is 0 Å². The van der Waals surface area contributed by atoms with Crippen LogP contribution in [0.3, 0.4) is 0 Å². The maximum absolute atomic E-state index is 12.0.